The number of halogens is 3. The Hall–Kier alpha value is -4.13. The SMILES string of the molecule is Nc1ccc(-c2ccc(N)cc2C(F)(F)F)cc1.Nc1ccc(-c2cccc(N)c2)cc1. The lowest BCUT2D eigenvalue weighted by Gasteiger charge is -2.13. The zero-order valence-electron chi connectivity index (χ0n) is 17.1. The van der Waals surface area contributed by atoms with E-state index in [2.05, 4.69) is 0 Å². The van der Waals surface area contributed by atoms with E-state index in [1.165, 1.54) is 12.1 Å². The predicted molar refractivity (Wildman–Crippen MR) is 126 cm³/mol. The molecule has 0 bridgehead atoms. The van der Waals surface area contributed by atoms with Crippen LogP contribution in [0.2, 0.25) is 0 Å². The average Bonchev–Trinajstić information content (AvgIpc) is 2.75. The van der Waals surface area contributed by atoms with Gasteiger partial charge in [0.2, 0.25) is 0 Å². The average molecular weight is 436 g/mol. The Morgan fingerprint density at radius 2 is 0.969 bits per heavy atom. The van der Waals surface area contributed by atoms with Gasteiger partial charge in [0.25, 0.3) is 0 Å². The normalized spacial score (nSPS) is 10.8. The van der Waals surface area contributed by atoms with Gasteiger partial charge in [0.05, 0.1) is 5.56 Å². The van der Waals surface area contributed by atoms with Crippen molar-refractivity contribution >= 4 is 22.7 Å². The highest BCUT2D eigenvalue weighted by molar-refractivity contribution is 5.72. The number of rotatable bonds is 2. The lowest BCUT2D eigenvalue weighted by molar-refractivity contribution is -0.137. The molecule has 0 radical (unpaired) electrons. The highest BCUT2D eigenvalue weighted by Crippen LogP contribution is 2.38. The van der Waals surface area contributed by atoms with Crippen molar-refractivity contribution in [2.24, 2.45) is 0 Å². The van der Waals surface area contributed by atoms with Gasteiger partial charge in [-0.3, -0.25) is 0 Å². The van der Waals surface area contributed by atoms with Crippen LogP contribution in [-0.4, -0.2) is 0 Å². The van der Waals surface area contributed by atoms with Crippen molar-refractivity contribution in [3.63, 3.8) is 0 Å². The lowest BCUT2D eigenvalue weighted by Crippen LogP contribution is -2.08. The molecular formula is C25H23F3N4. The van der Waals surface area contributed by atoms with Crippen LogP contribution in [0.1, 0.15) is 5.56 Å². The highest BCUT2D eigenvalue weighted by Gasteiger charge is 2.33. The number of alkyl halides is 3. The number of hydrogen-bond acceptors (Lipinski definition) is 4. The second kappa shape index (κ2) is 9.34. The minimum atomic E-state index is -4.44. The molecule has 0 aliphatic heterocycles. The van der Waals surface area contributed by atoms with E-state index in [1.54, 1.807) is 24.3 Å². The predicted octanol–water partition coefficient (Wildman–Crippen LogP) is 6.05. The number of nitrogen functional groups attached to an aromatic ring is 4. The maximum Gasteiger partial charge on any atom is 0.417 e. The van der Waals surface area contributed by atoms with E-state index >= 15 is 0 Å². The Morgan fingerprint density at radius 3 is 1.50 bits per heavy atom. The van der Waals surface area contributed by atoms with Crippen LogP contribution in [0, 0.1) is 0 Å². The fourth-order valence-electron chi connectivity index (χ4n) is 3.10. The molecule has 164 valence electrons. The summed E-state index contributed by atoms with van der Waals surface area (Å²) in [6.45, 7) is 0. The Balaban J connectivity index is 0.000000186. The number of hydrogen-bond donors (Lipinski definition) is 4. The van der Waals surface area contributed by atoms with Gasteiger partial charge in [-0.05, 0) is 70.8 Å². The fourth-order valence-corrected chi connectivity index (χ4v) is 3.10. The summed E-state index contributed by atoms with van der Waals surface area (Å²) < 4.78 is 38.7. The maximum atomic E-state index is 12.9. The fraction of sp³-hybridized carbons (Fsp3) is 0.0400. The summed E-state index contributed by atoms with van der Waals surface area (Å²) in [6, 6.07) is 25.5. The summed E-state index contributed by atoms with van der Waals surface area (Å²) in [5.41, 5.74) is 26.4. The first-order valence-corrected chi connectivity index (χ1v) is 9.67. The van der Waals surface area contributed by atoms with Crippen LogP contribution < -0.4 is 22.9 Å². The Labute approximate surface area is 184 Å². The summed E-state index contributed by atoms with van der Waals surface area (Å²) >= 11 is 0. The van der Waals surface area contributed by atoms with Gasteiger partial charge < -0.3 is 22.9 Å². The van der Waals surface area contributed by atoms with E-state index in [1.807, 2.05) is 48.5 Å². The molecule has 0 fully saturated rings. The largest absolute Gasteiger partial charge is 0.417 e. The summed E-state index contributed by atoms with van der Waals surface area (Å²) in [5.74, 6) is 0. The van der Waals surface area contributed by atoms with Crippen molar-refractivity contribution < 1.29 is 13.2 Å². The van der Waals surface area contributed by atoms with Crippen LogP contribution in [0.3, 0.4) is 0 Å². The van der Waals surface area contributed by atoms with Gasteiger partial charge in [0.1, 0.15) is 0 Å². The highest BCUT2D eigenvalue weighted by atomic mass is 19.4. The smallest absolute Gasteiger partial charge is 0.399 e. The van der Waals surface area contributed by atoms with E-state index in [9.17, 15) is 13.2 Å². The van der Waals surface area contributed by atoms with Crippen molar-refractivity contribution in [3.8, 4) is 22.3 Å². The molecule has 32 heavy (non-hydrogen) atoms. The second-order valence-corrected chi connectivity index (χ2v) is 7.17. The minimum Gasteiger partial charge on any atom is -0.399 e. The molecule has 0 aliphatic carbocycles. The van der Waals surface area contributed by atoms with Crippen LogP contribution in [-0.2, 0) is 6.18 Å². The third kappa shape index (κ3) is 5.72. The number of benzene rings is 4. The number of anilines is 4. The van der Waals surface area contributed by atoms with Crippen LogP contribution in [0.15, 0.2) is 91.0 Å². The van der Waals surface area contributed by atoms with Crippen molar-refractivity contribution in [2.45, 2.75) is 6.18 Å². The second-order valence-electron chi connectivity index (χ2n) is 7.17. The van der Waals surface area contributed by atoms with Crippen LogP contribution in [0.5, 0.6) is 0 Å². The van der Waals surface area contributed by atoms with E-state index < -0.39 is 11.7 Å². The first kappa shape index (κ1) is 22.6. The monoisotopic (exact) mass is 436 g/mol. The Morgan fingerprint density at radius 1 is 0.469 bits per heavy atom. The maximum absolute atomic E-state index is 12.9. The molecule has 0 aliphatic rings. The van der Waals surface area contributed by atoms with E-state index in [4.69, 9.17) is 22.9 Å². The molecule has 0 unspecified atom stereocenters. The molecule has 8 N–H and O–H groups in total. The van der Waals surface area contributed by atoms with Crippen LogP contribution in [0.25, 0.3) is 22.3 Å². The van der Waals surface area contributed by atoms with Crippen LogP contribution >= 0.6 is 0 Å². The lowest BCUT2D eigenvalue weighted by atomic mass is 9.98. The van der Waals surface area contributed by atoms with Gasteiger partial charge in [0.15, 0.2) is 0 Å². The van der Waals surface area contributed by atoms with Gasteiger partial charge in [-0.15, -0.1) is 0 Å². The zero-order chi connectivity index (χ0) is 23.3. The van der Waals surface area contributed by atoms with Crippen molar-refractivity contribution in [2.75, 3.05) is 22.9 Å². The molecule has 0 saturated heterocycles. The third-order valence-corrected chi connectivity index (χ3v) is 4.70. The van der Waals surface area contributed by atoms with Gasteiger partial charge in [-0.1, -0.05) is 42.5 Å². The summed E-state index contributed by atoms with van der Waals surface area (Å²) in [5, 5.41) is 0. The summed E-state index contributed by atoms with van der Waals surface area (Å²) in [4.78, 5) is 0. The molecule has 4 nitrogen and oxygen atoms in total. The molecule has 0 atom stereocenters. The summed E-state index contributed by atoms with van der Waals surface area (Å²) in [6.07, 6.45) is -4.44. The summed E-state index contributed by atoms with van der Waals surface area (Å²) in [7, 11) is 0. The Kier molecular flexibility index (Phi) is 6.59. The third-order valence-electron chi connectivity index (χ3n) is 4.70. The van der Waals surface area contributed by atoms with Gasteiger partial charge in [-0.25, -0.2) is 0 Å². The van der Waals surface area contributed by atoms with Crippen molar-refractivity contribution in [1.29, 1.82) is 0 Å². The Bertz CT molecular complexity index is 1190. The quantitative estimate of drug-likeness (QED) is 0.287. The molecular weight excluding hydrogens is 413 g/mol. The van der Waals surface area contributed by atoms with Crippen molar-refractivity contribution in [3.05, 3.63) is 96.6 Å². The van der Waals surface area contributed by atoms with Gasteiger partial charge >= 0.3 is 6.18 Å². The molecule has 0 amide bonds. The molecule has 0 saturated carbocycles. The molecule has 7 heteroatoms. The molecule has 4 aromatic rings. The van der Waals surface area contributed by atoms with E-state index in [-0.39, 0.29) is 11.3 Å². The minimum absolute atomic E-state index is 0.0847. The van der Waals surface area contributed by atoms with Gasteiger partial charge in [0, 0.05) is 22.7 Å². The first-order chi connectivity index (χ1) is 15.1. The first-order valence-electron chi connectivity index (χ1n) is 9.67. The molecule has 4 rings (SSSR count). The van der Waals surface area contributed by atoms with Gasteiger partial charge in [-0.2, -0.15) is 13.2 Å². The topological polar surface area (TPSA) is 104 Å². The molecule has 0 aromatic heterocycles. The van der Waals surface area contributed by atoms with Crippen LogP contribution in [0.4, 0.5) is 35.9 Å². The van der Waals surface area contributed by atoms with E-state index in [0.29, 0.717) is 11.3 Å². The molecule has 4 aromatic carbocycles. The molecule has 0 heterocycles. The standard InChI is InChI=1S/C13H11F3N2.C12H12N2/c14-13(15,16)12-7-10(18)5-6-11(12)8-1-3-9(17)4-2-8;13-11-6-4-9(5-7-11)10-2-1-3-12(14)8-10/h1-7H,17-18H2;1-8H,13-14H2. The van der Waals surface area contributed by atoms with Crippen molar-refractivity contribution in [1.82, 2.24) is 0 Å². The molecule has 0 spiro atoms. The zero-order valence-corrected chi connectivity index (χ0v) is 17.1. The number of nitrogens with two attached hydrogens (primary N) is 4. The van der Waals surface area contributed by atoms with E-state index in [0.717, 1.165) is 28.6 Å².